The van der Waals surface area contributed by atoms with Crippen molar-refractivity contribution in [1.82, 2.24) is 15.1 Å². The molecule has 0 aliphatic heterocycles. The van der Waals surface area contributed by atoms with Crippen LogP contribution in [-0.2, 0) is 13.5 Å². The third-order valence-corrected chi connectivity index (χ3v) is 3.73. The first-order valence-corrected chi connectivity index (χ1v) is 6.66. The van der Waals surface area contributed by atoms with E-state index in [1.54, 1.807) is 0 Å². The zero-order valence-electron chi connectivity index (χ0n) is 11.2. The lowest BCUT2D eigenvalue weighted by Crippen LogP contribution is -2.42. The fourth-order valence-corrected chi connectivity index (χ4v) is 2.20. The van der Waals surface area contributed by atoms with Crippen molar-refractivity contribution in [3.63, 3.8) is 0 Å². The second kappa shape index (κ2) is 5.50. The van der Waals surface area contributed by atoms with Crippen LogP contribution < -0.4 is 5.32 Å². The lowest BCUT2D eigenvalue weighted by molar-refractivity contribution is 0.0561. The van der Waals surface area contributed by atoms with E-state index in [4.69, 9.17) is 0 Å². The van der Waals surface area contributed by atoms with Crippen molar-refractivity contribution in [2.45, 2.75) is 45.8 Å². The molecule has 17 heavy (non-hydrogen) atoms. The molecule has 0 aromatic carbocycles. The summed E-state index contributed by atoms with van der Waals surface area (Å²) in [4.78, 5) is 0. The first kappa shape index (κ1) is 14.7. The number of nitrogens with one attached hydrogen (secondary N) is 1. The molecule has 2 N–H and O–H groups in total. The van der Waals surface area contributed by atoms with Gasteiger partial charge in [-0.3, -0.25) is 4.68 Å². The van der Waals surface area contributed by atoms with E-state index in [9.17, 15) is 5.11 Å². The summed E-state index contributed by atoms with van der Waals surface area (Å²) in [5.41, 5.74) is 1.21. The maximum absolute atomic E-state index is 10.4. The molecule has 0 aliphatic rings. The molecular formula is C12H22BrN3O. The van der Waals surface area contributed by atoms with Gasteiger partial charge in [0.15, 0.2) is 0 Å². The molecule has 5 heteroatoms. The minimum Gasteiger partial charge on any atom is -0.388 e. The van der Waals surface area contributed by atoms with Gasteiger partial charge in [0.1, 0.15) is 0 Å². The van der Waals surface area contributed by atoms with E-state index in [2.05, 4.69) is 40.2 Å². The summed E-state index contributed by atoms with van der Waals surface area (Å²) < 4.78 is 2.81. The van der Waals surface area contributed by atoms with Crippen molar-refractivity contribution < 1.29 is 5.11 Å². The molecule has 0 saturated carbocycles. The number of rotatable bonds is 5. The van der Waals surface area contributed by atoms with Crippen molar-refractivity contribution in [2.24, 2.45) is 7.05 Å². The van der Waals surface area contributed by atoms with E-state index < -0.39 is 5.60 Å². The van der Waals surface area contributed by atoms with Gasteiger partial charge in [-0.15, -0.1) is 0 Å². The van der Waals surface area contributed by atoms with E-state index in [1.807, 2.05) is 25.6 Å². The average molecular weight is 304 g/mol. The second-order valence-electron chi connectivity index (χ2n) is 5.18. The van der Waals surface area contributed by atoms with Gasteiger partial charge in [0.25, 0.3) is 0 Å². The fourth-order valence-electron chi connectivity index (χ4n) is 1.72. The molecule has 1 heterocycles. The van der Waals surface area contributed by atoms with E-state index in [-0.39, 0.29) is 0 Å². The Bertz CT molecular complexity index is 385. The Labute approximate surface area is 112 Å². The smallest absolute Gasteiger partial charge is 0.0799 e. The van der Waals surface area contributed by atoms with Crippen molar-refractivity contribution >= 4 is 15.9 Å². The number of aryl methyl sites for hydroxylation is 2. The Balaban J connectivity index is 2.75. The lowest BCUT2D eigenvalue weighted by Gasteiger charge is -2.25. The van der Waals surface area contributed by atoms with E-state index in [0.717, 1.165) is 15.9 Å². The molecule has 0 aliphatic carbocycles. The van der Waals surface area contributed by atoms with Crippen LogP contribution in [0.15, 0.2) is 4.47 Å². The zero-order chi connectivity index (χ0) is 13.2. The Morgan fingerprint density at radius 3 is 2.53 bits per heavy atom. The highest BCUT2D eigenvalue weighted by Gasteiger charge is 2.25. The van der Waals surface area contributed by atoms with Crippen LogP contribution >= 0.6 is 15.9 Å². The highest BCUT2D eigenvalue weighted by Crippen LogP contribution is 2.24. The molecule has 4 nitrogen and oxygen atoms in total. The Morgan fingerprint density at radius 1 is 1.53 bits per heavy atom. The van der Waals surface area contributed by atoms with Crippen molar-refractivity contribution in [1.29, 1.82) is 0 Å². The highest BCUT2D eigenvalue weighted by atomic mass is 79.9. The van der Waals surface area contributed by atoms with Crippen molar-refractivity contribution in [3.05, 3.63) is 15.9 Å². The topological polar surface area (TPSA) is 50.1 Å². The largest absolute Gasteiger partial charge is 0.388 e. The van der Waals surface area contributed by atoms with Crippen LogP contribution in [0.1, 0.15) is 32.2 Å². The van der Waals surface area contributed by atoms with Crippen molar-refractivity contribution in [2.75, 3.05) is 6.54 Å². The standard InChI is InChI=1S/C12H22BrN3O/c1-8(2)14-7-12(4,17)6-10-11(13)9(3)15-16(10)5/h8,14,17H,6-7H2,1-5H3. The third kappa shape index (κ3) is 4.08. The predicted octanol–water partition coefficient (Wildman–Crippen LogP) is 1.78. The summed E-state index contributed by atoms with van der Waals surface area (Å²) in [6.07, 6.45) is 0.574. The summed E-state index contributed by atoms with van der Waals surface area (Å²) in [5.74, 6) is 0. The summed E-state index contributed by atoms with van der Waals surface area (Å²) in [6.45, 7) is 8.51. The van der Waals surface area contributed by atoms with Gasteiger partial charge >= 0.3 is 0 Å². The molecule has 1 aromatic heterocycles. The quantitative estimate of drug-likeness (QED) is 0.872. The van der Waals surface area contributed by atoms with E-state index in [1.165, 1.54) is 0 Å². The highest BCUT2D eigenvalue weighted by molar-refractivity contribution is 9.10. The minimum absolute atomic E-state index is 0.373. The molecule has 1 aromatic rings. The van der Waals surface area contributed by atoms with Crippen LogP contribution in [0.3, 0.4) is 0 Å². The second-order valence-corrected chi connectivity index (χ2v) is 5.97. The van der Waals surface area contributed by atoms with Gasteiger partial charge in [0, 0.05) is 26.1 Å². The summed E-state index contributed by atoms with van der Waals surface area (Å²) in [7, 11) is 1.90. The zero-order valence-corrected chi connectivity index (χ0v) is 12.8. The molecule has 0 radical (unpaired) electrons. The first-order valence-electron chi connectivity index (χ1n) is 5.86. The molecule has 98 valence electrons. The number of aliphatic hydroxyl groups is 1. The van der Waals surface area contributed by atoms with Gasteiger partial charge in [-0.05, 0) is 29.8 Å². The van der Waals surface area contributed by atoms with E-state index in [0.29, 0.717) is 19.0 Å². The Morgan fingerprint density at radius 2 is 2.12 bits per heavy atom. The number of nitrogens with zero attached hydrogens (tertiary/aromatic N) is 2. The molecule has 0 fully saturated rings. The molecule has 1 unspecified atom stereocenters. The fraction of sp³-hybridized carbons (Fsp3) is 0.750. The Kier molecular flexibility index (Phi) is 4.75. The third-order valence-electron chi connectivity index (χ3n) is 2.70. The van der Waals surface area contributed by atoms with Gasteiger partial charge in [0.05, 0.1) is 21.5 Å². The minimum atomic E-state index is -0.771. The van der Waals surface area contributed by atoms with Crippen LogP contribution in [0.2, 0.25) is 0 Å². The summed E-state index contributed by atoms with van der Waals surface area (Å²) in [5, 5.41) is 17.9. The van der Waals surface area contributed by atoms with Gasteiger partial charge in [-0.2, -0.15) is 5.10 Å². The van der Waals surface area contributed by atoms with Gasteiger partial charge < -0.3 is 10.4 Å². The monoisotopic (exact) mass is 303 g/mol. The van der Waals surface area contributed by atoms with Crippen LogP contribution in [0.4, 0.5) is 0 Å². The summed E-state index contributed by atoms with van der Waals surface area (Å²) in [6, 6.07) is 0.373. The van der Waals surface area contributed by atoms with Gasteiger partial charge in [0.2, 0.25) is 0 Å². The number of aromatic nitrogens is 2. The first-order chi connectivity index (χ1) is 7.73. The maximum Gasteiger partial charge on any atom is 0.0799 e. The normalized spacial score (nSPS) is 15.3. The number of hydrogen-bond donors (Lipinski definition) is 2. The molecule has 1 rings (SSSR count). The molecule has 0 bridgehead atoms. The van der Waals surface area contributed by atoms with Gasteiger partial charge in [-0.25, -0.2) is 0 Å². The lowest BCUT2D eigenvalue weighted by atomic mass is 9.99. The Hall–Kier alpha value is -0.390. The molecular weight excluding hydrogens is 282 g/mol. The van der Waals surface area contributed by atoms with Crippen LogP contribution in [0.5, 0.6) is 0 Å². The summed E-state index contributed by atoms with van der Waals surface area (Å²) >= 11 is 3.52. The van der Waals surface area contributed by atoms with E-state index >= 15 is 0 Å². The van der Waals surface area contributed by atoms with Crippen LogP contribution in [0.25, 0.3) is 0 Å². The van der Waals surface area contributed by atoms with Gasteiger partial charge in [-0.1, -0.05) is 13.8 Å². The SMILES string of the molecule is Cc1nn(C)c(CC(C)(O)CNC(C)C)c1Br. The number of halogens is 1. The van der Waals surface area contributed by atoms with Crippen LogP contribution in [0, 0.1) is 6.92 Å². The molecule has 1 atom stereocenters. The predicted molar refractivity (Wildman–Crippen MR) is 73.1 cm³/mol. The maximum atomic E-state index is 10.4. The van der Waals surface area contributed by atoms with Crippen LogP contribution in [-0.4, -0.2) is 33.1 Å². The molecule has 0 spiro atoms. The molecule has 0 saturated heterocycles. The average Bonchev–Trinajstić information content (AvgIpc) is 2.42. The number of hydrogen-bond acceptors (Lipinski definition) is 3. The molecule has 0 amide bonds. The van der Waals surface area contributed by atoms with Crippen molar-refractivity contribution in [3.8, 4) is 0 Å².